The monoisotopic (exact) mass is 282 g/mol. The van der Waals surface area contributed by atoms with Crippen LogP contribution in [0, 0.1) is 11.3 Å². The molecule has 0 aliphatic rings. The van der Waals surface area contributed by atoms with Gasteiger partial charge >= 0.3 is 0 Å². The van der Waals surface area contributed by atoms with E-state index in [2.05, 4.69) is 11.4 Å². The SMILES string of the molecule is CCOc1ccccc1NCc1cc(C#N)ccc1OC. The Bertz CT molecular complexity index is 647. The van der Waals surface area contributed by atoms with E-state index >= 15 is 0 Å². The Morgan fingerprint density at radius 3 is 2.67 bits per heavy atom. The summed E-state index contributed by atoms with van der Waals surface area (Å²) in [6.07, 6.45) is 0. The quantitative estimate of drug-likeness (QED) is 0.880. The number of rotatable bonds is 6. The van der Waals surface area contributed by atoms with Crippen LogP contribution in [0.1, 0.15) is 18.1 Å². The number of benzene rings is 2. The summed E-state index contributed by atoms with van der Waals surface area (Å²) in [6.45, 7) is 3.13. The Kier molecular flexibility index (Phi) is 5.05. The first-order valence-electron chi connectivity index (χ1n) is 6.81. The van der Waals surface area contributed by atoms with E-state index < -0.39 is 0 Å². The zero-order valence-electron chi connectivity index (χ0n) is 12.2. The molecule has 0 heterocycles. The predicted molar refractivity (Wildman–Crippen MR) is 82.6 cm³/mol. The maximum atomic E-state index is 8.99. The van der Waals surface area contributed by atoms with Gasteiger partial charge in [0.2, 0.25) is 0 Å². The Morgan fingerprint density at radius 1 is 1.14 bits per heavy atom. The van der Waals surface area contributed by atoms with Gasteiger partial charge in [0.25, 0.3) is 0 Å². The highest BCUT2D eigenvalue weighted by Gasteiger charge is 2.06. The summed E-state index contributed by atoms with van der Waals surface area (Å²) in [5, 5.41) is 12.3. The zero-order chi connectivity index (χ0) is 15.1. The summed E-state index contributed by atoms with van der Waals surface area (Å²) in [5.74, 6) is 1.57. The van der Waals surface area contributed by atoms with Crippen LogP contribution in [0.3, 0.4) is 0 Å². The van der Waals surface area contributed by atoms with Crippen molar-refractivity contribution in [1.82, 2.24) is 0 Å². The van der Waals surface area contributed by atoms with Crippen LogP contribution in [0.5, 0.6) is 11.5 Å². The molecule has 0 bridgehead atoms. The third kappa shape index (κ3) is 3.67. The molecule has 0 aromatic heterocycles. The largest absolute Gasteiger partial charge is 0.496 e. The normalized spacial score (nSPS) is 9.76. The molecule has 1 N–H and O–H groups in total. The second-order valence-corrected chi connectivity index (χ2v) is 4.42. The van der Waals surface area contributed by atoms with Gasteiger partial charge in [-0.3, -0.25) is 0 Å². The van der Waals surface area contributed by atoms with E-state index in [1.54, 1.807) is 13.2 Å². The van der Waals surface area contributed by atoms with Crippen LogP contribution in [-0.4, -0.2) is 13.7 Å². The number of nitrogens with one attached hydrogen (secondary N) is 1. The molecule has 2 rings (SSSR count). The van der Waals surface area contributed by atoms with Crippen LogP contribution in [0.15, 0.2) is 42.5 Å². The first-order chi connectivity index (χ1) is 10.3. The molecule has 2 aromatic rings. The van der Waals surface area contributed by atoms with E-state index in [0.29, 0.717) is 18.7 Å². The van der Waals surface area contributed by atoms with E-state index in [-0.39, 0.29) is 0 Å². The molecule has 0 amide bonds. The molecular formula is C17H18N2O2. The predicted octanol–water partition coefficient (Wildman–Crippen LogP) is 3.58. The minimum atomic E-state index is 0.558. The number of hydrogen-bond donors (Lipinski definition) is 1. The maximum absolute atomic E-state index is 8.99. The van der Waals surface area contributed by atoms with Gasteiger partial charge < -0.3 is 14.8 Å². The highest BCUT2D eigenvalue weighted by Crippen LogP contribution is 2.26. The van der Waals surface area contributed by atoms with Crippen molar-refractivity contribution in [3.8, 4) is 17.6 Å². The first kappa shape index (κ1) is 14.7. The van der Waals surface area contributed by atoms with Gasteiger partial charge in [0.15, 0.2) is 0 Å². The summed E-state index contributed by atoms with van der Waals surface area (Å²) in [4.78, 5) is 0. The highest BCUT2D eigenvalue weighted by atomic mass is 16.5. The van der Waals surface area contributed by atoms with E-state index in [0.717, 1.165) is 22.7 Å². The molecule has 4 heteroatoms. The van der Waals surface area contributed by atoms with Crippen LogP contribution >= 0.6 is 0 Å². The number of nitriles is 1. The minimum Gasteiger partial charge on any atom is -0.496 e. The van der Waals surface area contributed by atoms with Crippen molar-refractivity contribution >= 4 is 5.69 Å². The molecule has 0 saturated carbocycles. The highest BCUT2D eigenvalue weighted by molar-refractivity contribution is 5.57. The van der Waals surface area contributed by atoms with E-state index in [1.807, 2.05) is 43.3 Å². The van der Waals surface area contributed by atoms with Gasteiger partial charge in [-0.2, -0.15) is 5.26 Å². The molecule has 21 heavy (non-hydrogen) atoms. The molecule has 0 radical (unpaired) electrons. The van der Waals surface area contributed by atoms with Crippen molar-refractivity contribution in [3.05, 3.63) is 53.6 Å². The Morgan fingerprint density at radius 2 is 1.95 bits per heavy atom. The van der Waals surface area contributed by atoms with Crippen molar-refractivity contribution in [2.24, 2.45) is 0 Å². The van der Waals surface area contributed by atoms with Crippen LogP contribution in [0.25, 0.3) is 0 Å². The van der Waals surface area contributed by atoms with Gasteiger partial charge in [-0.1, -0.05) is 12.1 Å². The minimum absolute atomic E-state index is 0.558. The first-order valence-corrected chi connectivity index (χ1v) is 6.81. The lowest BCUT2D eigenvalue weighted by Crippen LogP contribution is -2.04. The molecule has 0 saturated heterocycles. The molecule has 0 spiro atoms. The summed E-state index contributed by atoms with van der Waals surface area (Å²) >= 11 is 0. The van der Waals surface area contributed by atoms with Crippen LogP contribution in [-0.2, 0) is 6.54 Å². The summed E-state index contributed by atoms with van der Waals surface area (Å²) < 4.78 is 10.9. The standard InChI is InChI=1S/C17H18N2O2/c1-3-21-17-7-5-4-6-15(17)19-12-14-10-13(11-18)8-9-16(14)20-2/h4-10,19H,3,12H2,1-2H3. The average Bonchev–Trinajstić information content (AvgIpc) is 2.54. The second kappa shape index (κ2) is 7.20. The number of para-hydroxylation sites is 2. The van der Waals surface area contributed by atoms with Crippen molar-refractivity contribution in [3.63, 3.8) is 0 Å². The zero-order valence-corrected chi connectivity index (χ0v) is 12.2. The number of nitrogens with zero attached hydrogens (tertiary/aromatic N) is 1. The second-order valence-electron chi connectivity index (χ2n) is 4.42. The topological polar surface area (TPSA) is 54.3 Å². The molecule has 2 aromatic carbocycles. The molecule has 4 nitrogen and oxygen atoms in total. The molecule has 0 unspecified atom stereocenters. The van der Waals surface area contributed by atoms with E-state index in [4.69, 9.17) is 14.7 Å². The lowest BCUT2D eigenvalue weighted by molar-refractivity contribution is 0.341. The van der Waals surface area contributed by atoms with Crippen LogP contribution < -0.4 is 14.8 Å². The van der Waals surface area contributed by atoms with E-state index in [1.165, 1.54) is 0 Å². The smallest absolute Gasteiger partial charge is 0.142 e. The molecule has 0 aliphatic carbocycles. The van der Waals surface area contributed by atoms with Gasteiger partial charge in [0.05, 0.1) is 31.0 Å². The lowest BCUT2D eigenvalue weighted by atomic mass is 10.1. The van der Waals surface area contributed by atoms with Gasteiger partial charge in [0.1, 0.15) is 11.5 Å². The number of anilines is 1. The van der Waals surface area contributed by atoms with Crippen molar-refractivity contribution < 1.29 is 9.47 Å². The molecule has 108 valence electrons. The molecular weight excluding hydrogens is 264 g/mol. The summed E-state index contributed by atoms with van der Waals surface area (Å²) in [5.41, 5.74) is 2.47. The van der Waals surface area contributed by atoms with Gasteiger partial charge in [-0.15, -0.1) is 0 Å². The fraction of sp³-hybridized carbons (Fsp3) is 0.235. The van der Waals surface area contributed by atoms with Crippen LogP contribution in [0.4, 0.5) is 5.69 Å². The summed E-state index contributed by atoms with van der Waals surface area (Å²) in [7, 11) is 1.62. The van der Waals surface area contributed by atoms with E-state index in [9.17, 15) is 0 Å². The van der Waals surface area contributed by atoms with Crippen molar-refractivity contribution in [2.75, 3.05) is 19.0 Å². The van der Waals surface area contributed by atoms with Crippen molar-refractivity contribution in [1.29, 1.82) is 5.26 Å². The number of ether oxygens (including phenoxy) is 2. The molecule has 0 atom stereocenters. The fourth-order valence-corrected chi connectivity index (χ4v) is 2.07. The van der Waals surface area contributed by atoms with Gasteiger partial charge in [0, 0.05) is 12.1 Å². The third-order valence-electron chi connectivity index (χ3n) is 3.07. The Labute approximate surface area is 124 Å². The molecule has 0 fully saturated rings. The van der Waals surface area contributed by atoms with Gasteiger partial charge in [-0.05, 0) is 37.3 Å². The lowest BCUT2D eigenvalue weighted by Gasteiger charge is -2.14. The Balaban J connectivity index is 2.18. The maximum Gasteiger partial charge on any atom is 0.142 e. The van der Waals surface area contributed by atoms with Crippen molar-refractivity contribution in [2.45, 2.75) is 13.5 Å². The van der Waals surface area contributed by atoms with Gasteiger partial charge in [-0.25, -0.2) is 0 Å². The number of methoxy groups -OCH3 is 1. The summed E-state index contributed by atoms with van der Waals surface area (Å²) in [6, 6.07) is 15.3. The Hall–Kier alpha value is -2.67. The van der Waals surface area contributed by atoms with Crippen LogP contribution in [0.2, 0.25) is 0 Å². The third-order valence-corrected chi connectivity index (χ3v) is 3.07. The fourth-order valence-electron chi connectivity index (χ4n) is 2.07. The molecule has 0 aliphatic heterocycles. The number of hydrogen-bond acceptors (Lipinski definition) is 4. The average molecular weight is 282 g/mol.